The molecule has 1 aromatic heterocycles. The molecule has 0 spiro atoms. The van der Waals surface area contributed by atoms with Gasteiger partial charge in [0, 0.05) is 29.9 Å². The summed E-state index contributed by atoms with van der Waals surface area (Å²) in [6, 6.07) is 19.7. The van der Waals surface area contributed by atoms with Gasteiger partial charge in [-0.25, -0.2) is 8.42 Å². The van der Waals surface area contributed by atoms with Crippen LogP contribution in [0, 0.1) is 0 Å². The Hall–Kier alpha value is -2.98. The first-order chi connectivity index (χ1) is 15.9. The fourth-order valence-corrected chi connectivity index (χ4v) is 5.59. The van der Waals surface area contributed by atoms with Crippen molar-refractivity contribution < 1.29 is 17.9 Å². The van der Waals surface area contributed by atoms with Crippen LogP contribution in [0.2, 0.25) is 5.02 Å². The van der Waals surface area contributed by atoms with E-state index in [0.717, 1.165) is 10.2 Å². The third-order valence-electron chi connectivity index (χ3n) is 4.80. The molecule has 0 atom stereocenters. The zero-order chi connectivity index (χ0) is 23.4. The summed E-state index contributed by atoms with van der Waals surface area (Å²) in [5, 5.41) is 0.606. The number of carbonyl (C=O) groups is 1. The summed E-state index contributed by atoms with van der Waals surface area (Å²) in [6.07, 6.45) is 0. The van der Waals surface area contributed by atoms with E-state index < -0.39 is 15.9 Å². The fourth-order valence-electron chi connectivity index (χ4n) is 3.18. The normalized spacial score (nSPS) is 12.2. The van der Waals surface area contributed by atoms with E-state index in [1.807, 2.05) is 16.7 Å². The molecule has 1 heterocycles. The topological polar surface area (TPSA) is 89.8 Å². The predicted molar refractivity (Wildman–Crippen MR) is 130 cm³/mol. The number of carbonyl (C=O) groups excluding carboxylic acids is 1. The molecule has 0 aliphatic heterocycles. The quantitative estimate of drug-likeness (QED) is 0.402. The predicted octanol–water partition coefficient (Wildman–Crippen LogP) is 4.54. The number of thiazole rings is 1. The molecule has 7 nitrogen and oxygen atoms in total. The molecule has 0 unspecified atom stereocenters. The van der Waals surface area contributed by atoms with Crippen molar-refractivity contribution in [2.45, 2.75) is 11.4 Å². The van der Waals surface area contributed by atoms with Gasteiger partial charge in [-0.2, -0.15) is 4.99 Å². The number of ether oxygens (including phenoxy) is 1. The highest BCUT2D eigenvalue weighted by Crippen LogP contribution is 2.22. The van der Waals surface area contributed by atoms with E-state index in [1.165, 1.54) is 35.6 Å². The Morgan fingerprint density at radius 1 is 1.09 bits per heavy atom. The number of hydrogen-bond acceptors (Lipinski definition) is 5. The van der Waals surface area contributed by atoms with E-state index in [0.29, 0.717) is 34.2 Å². The number of sulfonamides is 1. The van der Waals surface area contributed by atoms with E-state index in [4.69, 9.17) is 16.3 Å². The van der Waals surface area contributed by atoms with Gasteiger partial charge in [-0.1, -0.05) is 41.1 Å². The van der Waals surface area contributed by atoms with Gasteiger partial charge >= 0.3 is 0 Å². The highest BCUT2D eigenvalue weighted by atomic mass is 35.5. The maximum Gasteiger partial charge on any atom is 0.279 e. The largest absolute Gasteiger partial charge is 0.383 e. The molecule has 0 aliphatic rings. The Labute approximate surface area is 200 Å². The van der Waals surface area contributed by atoms with Crippen LogP contribution in [0.15, 0.2) is 82.7 Å². The Morgan fingerprint density at radius 3 is 2.52 bits per heavy atom. The molecule has 3 aromatic carbocycles. The molecule has 0 saturated carbocycles. The molecule has 4 rings (SSSR count). The highest BCUT2D eigenvalue weighted by molar-refractivity contribution is 7.92. The number of anilines is 1. The number of amides is 1. The second-order valence-corrected chi connectivity index (χ2v) is 10.2. The Kier molecular flexibility index (Phi) is 6.94. The number of nitrogens with zero attached hydrogens (tertiary/aromatic N) is 2. The molecule has 1 N–H and O–H groups in total. The summed E-state index contributed by atoms with van der Waals surface area (Å²) in [5.74, 6) is -0.434. The first-order valence-corrected chi connectivity index (χ1v) is 12.6. The minimum Gasteiger partial charge on any atom is -0.383 e. The molecule has 170 valence electrons. The molecule has 10 heteroatoms. The molecule has 0 aliphatic carbocycles. The third kappa shape index (κ3) is 5.33. The van der Waals surface area contributed by atoms with Crippen LogP contribution in [-0.4, -0.2) is 32.6 Å². The van der Waals surface area contributed by atoms with E-state index in [2.05, 4.69) is 9.71 Å². The van der Waals surface area contributed by atoms with Gasteiger partial charge in [0.2, 0.25) is 0 Å². The highest BCUT2D eigenvalue weighted by Gasteiger charge is 2.14. The zero-order valence-electron chi connectivity index (χ0n) is 17.6. The van der Waals surface area contributed by atoms with Crippen molar-refractivity contribution in [3.63, 3.8) is 0 Å². The smallest absolute Gasteiger partial charge is 0.279 e. The van der Waals surface area contributed by atoms with Gasteiger partial charge in [0.15, 0.2) is 4.80 Å². The van der Waals surface area contributed by atoms with Crippen molar-refractivity contribution in [2.75, 3.05) is 18.4 Å². The van der Waals surface area contributed by atoms with Crippen LogP contribution >= 0.6 is 22.9 Å². The Morgan fingerprint density at radius 2 is 1.82 bits per heavy atom. The van der Waals surface area contributed by atoms with Gasteiger partial charge in [0.05, 0.1) is 21.7 Å². The molecule has 0 bridgehead atoms. The van der Waals surface area contributed by atoms with E-state index in [9.17, 15) is 13.2 Å². The second-order valence-electron chi connectivity index (χ2n) is 7.05. The average molecular weight is 502 g/mol. The molecule has 1 amide bonds. The molecule has 33 heavy (non-hydrogen) atoms. The van der Waals surface area contributed by atoms with E-state index >= 15 is 0 Å². The van der Waals surface area contributed by atoms with Crippen LogP contribution in [0.4, 0.5) is 5.69 Å². The van der Waals surface area contributed by atoms with Crippen molar-refractivity contribution >= 4 is 54.8 Å². The maximum absolute atomic E-state index is 12.8. The first-order valence-electron chi connectivity index (χ1n) is 9.92. The van der Waals surface area contributed by atoms with E-state index in [-0.39, 0.29) is 4.90 Å². The number of rotatable bonds is 7. The number of aromatic nitrogens is 1. The van der Waals surface area contributed by atoms with Gasteiger partial charge in [0.1, 0.15) is 0 Å². The lowest BCUT2D eigenvalue weighted by Gasteiger charge is -2.08. The van der Waals surface area contributed by atoms with Gasteiger partial charge in [-0.3, -0.25) is 9.52 Å². The van der Waals surface area contributed by atoms with Crippen molar-refractivity contribution in [3.05, 3.63) is 88.2 Å². The minimum atomic E-state index is -3.71. The lowest BCUT2D eigenvalue weighted by Crippen LogP contribution is -2.19. The second kappa shape index (κ2) is 9.88. The van der Waals surface area contributed by atoms with Gasteiger partial charge < -0.3 is 9.30 Å². The van der Waals surface area contributed by atoms with Crippen LogP contribution in [0.3, 0.4) is 0 Å². The maximum atomic E-state index is 12.8. The van der Waals surface area contributed by atoms with Crippen molar-refractivity contribution in [3.8, 4) is 0 Å². The zero-order valence-corrected chi connectivity index (χ0v) is 20.0. The van der Waals surface area contributed by atoms with Gasteiger partial charge in [-0.15, -0.1) is 0 Å². The van der Waals surface area contributed by atoms with Crippen LogP contribution in [0.25, 0.3) is 10.2 Å². The lowest BCUT2D eigenvalue weighted by molar-refractivity contribution is 0.0997. The van der Waals surface area contributed by atoms with Crippen LogP contribution in [0.5, 0.6) is 0 Å². The third-order valence-corrected chi connectivity index (χ3v) is 7.47. The summed E-state index contributed by atoms with van der Waals surface area (Å²) in [7, 11) is -2.10. The summed E-state index contributed by atoms with van der Waals surface area (Å²) < 4.78 is 35.5. The number of halogens is 1. The van der Waals surface area contributed by atoms with Crippen LogP contribution < -0.4 is 9.52 Å². The molecule has 0 fully saturated rings. The SMILES string of the molecule is COCCn1c(=NC(=O)c2ccc(NS(=O)(=O)c3ccccc3)cc2)sc2cc(Cl)ccc21. The van der Waals surface area contributed by atoms with Crippen molar-refractivity contribution in [2.24, 2.45) is 4.99 Å². The molecule has 4 aromatic rings. The minimum absolute atomic E-state index is 0.158. The van der Waals surface area contributed by atoms with E-state index in [1.54, 1.807) is 43.5 Å². The molecule has 0 saturated heterocycles. The van der Waals surface area contributed by atoms with Crippen molar-refractivity contribution in [1.29, 1.82) is 0 Å². The first kappa shape index (κ1) is 23.2. The summed E-state index contributed by atoms with van der Waals surface area (Å²) in [6.45, 7) is 0.997. The Balaban J connectivity index is 1.61. The Bertz CT molecular complexity index is 1460. The van der Waals surface area contributed by atoms with Crippen molar-refractivity contribution in [1.82, 2.24) is 4.57 Å². The summed E-state index contributed by atoms with van der Waals surface area (Å²) >= 11 is 7.48. The molecular formula is C23H20ClN3O4S2. The van der Waals surface area contributed by atoms with Crippen LogP contribution in [0.1, 0.15) is 10.4 Å². The standard InChI is InChI=1S/C23H20ClN3O4S2/c1-31-14-13-27-20-12-9-17(24)15-21(20)32-23(27)25-22(28)16-7-10-18(11-8-16)26-33(29,30)19-5-3-2-4-6-19/h2-12,15,26H,13-14H2,1H3. The monoisotopic (exact) mass is 501 g/mol. The average Bonchev–Trinajstić information content (AvgIpc) is 3.14. The number of methoxy groups -OCH3 is 1. The van der Waals surface area contributed by atoms with Gasteiger partial charge in [0.25, 0.3) is 15.9 Å². The summed E-state index contributed by atoms with van der Waals surface area (Å²) in [5.41, 5.74) is 1.60. The number of nitrogens with one attached hydrogen (secondary N) is 1. The van der Waals surface area contributed by atoms with Crippen LogP contribution in [-0.2, 0) is 21.3 Å². The number of hydrogen-bond donors (Lipinski definition) is 1. The fraction of sp³-hybridized carbons (Fsp3) is 0.130. The summed E-state index contributed by atoms with van der Waals surface area (Å²) in [4.78, 5) is 17.8. The lowest BCUT2D eigenvalue weighted by atomic mass is 10.2. The number of fused-ring (bicyclic) bond motifs is 1. The molecule has 0 radical (unpaired) electrons. The number of benzene rings is 3. The molecular weight excluding hydrogens is 482 g/mol. The van der Waals surface area contributed by atoms with Gasteiger partial charge in [-0.05, 0) is 54.6 Å².